The molecule has 1 heterocycles. The van der Waals surface area contributed by atoms with Crippen LogP contribution in [0.3, 0.4) is 0 Å². The van der Waals surface area contributed by atoms with E-state index in [1.54, 1.807) is 0 Å². The number of aldehydes is 1. The molecule has 1 saturated heterocycles. The topological polar surface area (TPSA) is 44.8 Å². The summed E-state index contributed by atoms with van der Waals surface area (Å²) in [7, 11) is -1.97. The second-order valence-corrected chi connectivity index (χ2v) is 11.9. The Hall–Kier alpha value is -1.17. The normalized spacial score (nSPS) is 16.8. The van der Waals surface area contributed by atoms with Gasteiger partial charge >= 0.3 is 0 Å². The van der Waals surface area contributed by atoms with E-state index in [0.717, 1.165) is 23.2 Å². The molecule has 122 valence electrons. The molecule has 0 saturated carbocycles. The summed E-state index contributed by atoms with van der Waals surface area (Å²) in [6, 6.07) is 5.85. The zero-order valence-electron chi connectivity index (χ0n) is 14.1. The molecule has 0 N–H and O–H groups in total. The largest absolute Gasteiger partial charge is 0.543 e. The van der Waals surface area contributed by atoms with Crippen molar-refractivity contribution in [3.63, 3.8) is 0 Å². The van der Waals surface area contributed by atoms with Gasteiger partial charge in [0.1, 0.15) is 12.0 Å². The molecule has 1 aromatic carbocycles. The second-order valence-electron chi connectivity index (χ2n) is 7.18. The molecule has 1 aromatic rings. The van der Waals surface area contributed by atoms with Gasteiger partial charge in [-0.2, -0.15) is 0 Å². The maximum atomic E-state index is 10.8. The van der Waals surface area contributed by atoms with Gasteiger partial charge in [-0.25, -0.2) is 0 Å². The van der Waals surface area contributed by atoms with E-state index < -0.39 is 8.32 Å². The van der Waals surface area contributed by atoms with Crippen molar-refractivity contribution in [1.82, 2.24) is 0 Å². The molecule has 22 heavy (non-hydrogen) atoms. The van der Waals surface area contributed by atoms with E-state index >= 15 is 0 Å². The Bertz CT molecular complexity index is 528. The lowest BCUT2D eigenvalue weighted by Gasteiger charge is -2.37. The van der Waals surface area contributed by atoms with Gasteiger partial charge in [0.05, 0.1) is 13.2 Å². The predicted molar refractivity (Wildman–Crippen MR) is 88.7 cm³/mol. The van der Waals surface area contributed by atoms with Gasteiger partial charge in [0, 0.05) is 12.0 Å². The van der Waals surface area contributed by atoms with Crippen LogP contribution in [-0.2, 0) is 20.7 Å². The molecular weight excluding hydrogens is 296 g/mol. The Morgan fingerprint density at radius 3 is 2.45 bits per heavy atom. The molecule has 1 fully saturated rings. The number of hydrogen-bond donors (Lipinski definition) is 0. The van der Waals surface area contributed by atoms with Crippen molar-refractivity contribution in [3.8, 4) is 5.75 Å². The molecule has 2 rings (SSSR count). The Balaban J connectivity index is 2.36. The fourth-order valence-corrected chi connectivity index (χ4v) is 3.08. The minimum Gasteiger partial charge on any atom is -0.543 e. The van der Waals surface area contributed by atoms with Crippen LogP contribution in [0, 0.1) is 0 Å². The highest BCUT2D eigenvalue weighted by atomic mass is 28.4. The van der Waals surface area contributed by atoms with Gasteiger partial charge in [-0.15, -0.1) is 0 Å². The van der Waals surface area contributed by atoms with Crippen LogP contribution in [0.15, 0.2) is 18.2 Å². The molecule has 0 amide bonds. The molecule has 0 radical (unpaired) electrons. The van der Waals surface area contributed by atoms with Crippen LogP contribution in [0.2, 0.25) is 18.1 Å². The molecule has 1 aliphatic heterocycles. The fourth-order valence-electron chi connectivity index (χ4n) is 2.05. The second kappa shape index (κ2) is 6.52. The van der Waals surface area contributed by atoms with Crippen LogP contribution in [0.4, 0.5) is 0 Å². The average Bonchev–Trinajstić information content (AvgIpc) is 2.91. The van der Waals surface area contributed by atoms with E-state index in [9.17, 15) is 4.79 Å². The zero-order valence-corrected chi connectivity index (χ0v) is 15.1. The molecule has 0 aliphatic carbocycles. The average molecular weight is 322 g/mol. The lowest BCUT2D eigenvalue weighted by Crippen LogP contribution is -2.44. The van der Waals surface area contributed by atoms with Crippen LogP contribution in [-0.4, -0.2) is 27.8 Å². The minimum absolute atomic E-state index is 0.0995. The fraction of sp³-hybridized carbons (Fsp3) is 0.588. The smallest absolute Gasteiger partial charge is 0.250 e. The van der Waals surface area contributed by atoms with Crippen molar-refractivity contribution in [2.75, 3.05) is 13.2 Å². The van der Waals surface area contributed by atoms with Gasteiger partial charge in [0.15, 0.2) is 6.29 Å². The quantitative estimate of drug-likeness (QED) is 0.610. The molecule has 0 aromatic heterocycles. The van der Waals surface area contributed by atoms with E-state index in [0.29, 0.717) is 19.6 Å². The number of carbonyl (C=O) groups is 1. The highest BCUT2D eigenvalue weighted by Gasteiger charge is 2.40. The van der Waals surface area contributed by atoms with Gasteiger partial charge in [-0.05, 0) is 35.8 Å². The summed E-state index contributed by atoms with van der Waals surface area (Å²) in [5.41, 5.74) is 1.86. The van der Waals surface area contributed by atoms with Gasteiger partial charge in [0.2, 0.25) is 8.32 Å². The van der Waals surface area contributed by atoms with Crippen molar-refractivity contribution in [1.29, 1.82) is 0 Å². The molecule has 0 bridgehead atoms. The third kappa shape index (κ3) is 3.77. The first kappa shape index (κ1) is 17.2. The summed E-state index contributed by atoms with van der Waals surface area (Å²) in [5, 5.41) is 0.0995. The monoisotopic (exact) mass is 322 g/mol. The third-order valence-corrected chi connectivity index (χ3v) is 8.79. The summed E-state index contributed by atoms with van der Waals surface area (Å²) >= 11 is 0. The number of rotatable bonds is 5. The van der Waals surface area contributed by atoms with Crippen LogP contribution in [0.5, 0.6) is 5.75 Å². The van der Waals surface area contributed by atoms with Gasteiger partial charge in [-0.1, -0.05) is 26.8 Å². The minimum atomic E-state index is -1.97. The van der Waals surface area contributed by atoms with Crippen molar-refractivity contribution in [3.05, 3.63) is 29.3 Å². The molecule has 4 nitrogen and oxygen atoms in total. The Morgan fingerprint density at radius 2 is 1.91 bits per heavy atom. The number of carbonyl (C=O) groups excluding carboxylic acids is 1. The van der Waals surface area contributed by atoms with Gasteiger partial charge in [-0.3, -0.25) is 0 Å². The maximum absolute atomic E-state index is 10.8. The molecule has 0 unspecified atom stereocenters. The first-order valence-corrected chi connectivity index (χ1v) is 10.6. The lowest BCUT2D eigenvalue weighted by atomic mass is 10.1. The molecule has 0 spiro atoms. The molecular formula is C17H26O4Si. The summed E-state index contributed by atoms with van der Waals surface area (Å²) in [4.78, 5) is 10.8. The number of benzene rings is 1. The van der Waals surface area contributed by atoms with Crippen LogP contribution in [0.25, 0.3) is 0 Å². The van der Waals surface area contributed by atoms with Crippen LogP contribution < -0.4 is 4.43 Å². The predicted octanol–water partition coefficient (Wildman–Crippen LogP) is 3.86. The van der Waals surface area contributed by atoms with E-state index in [1.807, 2.05) is 18.2 Å². The summed E-state index contributed by atoms with van der Waals surface area (Å²) in [6.45, 7) is 12.2. The zero-order chi connectivity index (χ0) is 16.4. The molecule has 5 heteroatoms. The van der Waals surface area contributed by atoms with Crippen molar-refractivity contribution >= 4 is 14.6 Å². The SMILES string of the molecule is CC(C)(C)[Si](C)(C)Oc1cc(CC=O)ccc1C1OCCO1. The summed E-state index contributed by atoms with van der Waals surface area (Å²) in [5.74, 6) is 0.790. The molecule has 1 aliphatic rings. The maximum Gasteiger partial charge on any atom is 0.250 e. The van der Waals surface area contributed by atoms with E-state index in [-0.39, 0.29) is 11.3 Å². The number of ether oxygens (including phenoxy) is 2. The Morgan fingerprint density at radius 1 is 1.27 bits per heavy atom. The highest BCUT2D eigenvalue weighted by molar-refractivity contribution is 6.74. The van der Waals surface area contributed by atoms with Gasteiger partial charge < -0.3 is 18.7 Å². The highest BCUT2D eigenvalue weighted by Crippen LogP contribution is 2.40. The summed E-state index contributed by atoms with van der Waals surface area (Å²) in [6.07, 6.45) is 0.929. The Kier molecular flexibility index (Phi) is 5.09. The van der Waals surface area contributed by atoms with E-state index in [4.69, 9.17) is 13.9 Å². The first-order chi connectivity index (χ1) is 10.2. The first-order valence-electron chi connectivity index (χ1n) is 7.73. The van der Waals surface area contributed by atoms with Crippen LogP contribution in [0.1, 0.15) is 38.2 Å². The van der Waals surface area contributed by atoms with E-state index in [2.05, 4.69) is 33.9 Å². The Labute approximate surface area is 133 Å². The van der Waals surface area contributed by atoms with Crippen molar-refractivity contribution in [2.24, 2.45) is 0 Å². The van der Waals surface area contributed by atoms with Crippen molar-refractivity contribution < 1.29 is 18.7 Å². The molecule has 0 atom stereocenters. The third-order valence-electron chi connectivity index (χ3n) is 4.44. The summed E-state index contributed by atoms with van der Waals surface area (Å²) < 4.78 is 17.7. The standard InChI is InChI=1S/C17H26O4Si/c1-17(2,3)22(4,5)21-15-12-13(8-9-18)6-7-14(15)16-19-10-11-20-16/h6-7,9,12,16H,8,10-11H2,1-5H3. The lowest BCUT2D eigenvalue weighted by molar-refractivity contribution is -0.107. The van der Waals surface area contributed by atoms with Crippen LogP contribution >= 0.6 is 0 Å². The van der Waals surface area contributed by atoms with Gasteiger partial charge in [0.25, 0.3) is 0 Å². The number of hydrogen-bond acceptors (Lipinski definition) is 4. The van der Waals surface area contributed by atoms with E-state index in [1.165, 1.54) is 0 Å². The van der Waals surface area contributed by atoms with Crippen molar-refractivity contribution in [2.45, 2.75) is 51.6 Å².